The van der Waals surface area contributed by atoms with E-state index in [1.54, 1.807) is 0 Å². The molecule has 1 aliphatic carbocycles. The summed E-state index contributed by atoms with van der Waals surface area (Å²) in [5.41, 5.74) is 0.270. The smallest absolute Gasteiger partial charge is 0.223 e. The summed E-state index contributed by atoms with van der Waals surface area (Å²) >= 11 is 0. The zero-order valence-corrected chi connectivity index (χ0v) is 11.6. The molecule has 0 radical (unpaired) electrons. The molecule has 2 aliphatic rings. The zero-order valence-electron chi connectivity index (χ0n) is 10.8. The predicted octanol–water partition coefficient (Wildman–Crippen LogP) is 2.10. The van der Waals surface area contributed by atoms with Gasteiger partial charge in [-0.05, 0) is 37.6 Å². The highest BCUT2D eigenvalue weighted by atomic mass is 35.5. The van der Waals surface area contributed by atoms with Crippen LogP contribution in [0.1, 0.15) is 45.4 Å². The van der Waals surface area contributed by atoms with E-state index < -0.39 is 0 Å². The zero-order chi connectivity index (χ0) is 11.4. The van der Waals surface area contributed by atoms with Gasteiger partial charge in [0.2, 0.25) is 5.91 Å². The Morgan fingerprint density at radius 2 is 2.06 bits per heavy atom. The van der Waals surface area contributed by atoms with Crippen LogP contribution in [0.2, 0.25) is 0 Å². The lowest BCUT2D eigenvalue weighted by Gasteiger charge is -2.34. The van der Waals surface area contributed by atoms with E-state index in [9.17, 15) is 4.79 Å². The number of amides is 1. The summed E-state index contributed by atoms with van der Waals surface area (Å²) in [6.07, 6.45) is 7.12. The first-order valence-corrected chi connectivity index (χ1v) is 6.68. The van der Waals surface area contributed by atoms with Gasteiger partial charge in [0.25, 0.3) is 0 Å². The lowest BCUT2D eigenvalue weighted by atomic mass is 9.82. The van der Waals surface area contributed by atoms with Gasteiger partial charge in [0.15, 0.2) is 0 Å². The van der Waals surface area contributed by atoms with Crippen molar-refractivity contribution in [3.05, 3.63) is 0 Å². The average molecular weight is 261 g/mol. The molecule has 1 saturated carbocycles. The number of piperidine rings is 1. The Balaban J connectivity index is 0.00000144. The molecule has 17 heavy (non-hydrogen) atoms. The van der Waals surface area contributed by atoms with Crippen LogP contribution in [0.15, 0.2) is 0 Å². The Labute approximate surface area is 111 Å². The number of halogens is 1. The van der Waals surface area contributed by atoms with E-state index in [4.69, 9.17) is 0 Å². The highest BCUT2D eigenvalue weighted by Gasteiger charge is 2.29. The first-order valence-electron chi connectivity index (χ1n) is 6.68. The maximum atomic E-state index is 11.9. The molecular weight excluding hydrogens is 236 g/mol. The van der Waals surface area contributed by atoms with Crippen molar-refractivity contribution in [1.29, 1.82) is 0 Å². The summed E-state index contributed by atoms with van der Waals surface area (Å²) < 4.78 is 0. The minimum atomic E-state index is 0. The highest BCUT2D eigenvalue weighted by Crippen LogP contribution is 2.27. The summed E-state index contributed by atoms with van der Waals surface area (Å²) in [4.78, 5) is 11.9. The molecule has 1 heterocycles. The Morgan fingerprint density at radius 3 is 2.65 bits per heavy atom. The molecule has 2 rings (SSSR count). The van der Waals surface area contributed by atoms with E-state index in [2.05, 4.69) is 17.6 Å². The molecule has 4 heteroatoms. The molecule has 0 spiro atoms. The molecule has 0 aromatic rings. The van der Waals surface area contributed by atoms with E-state index in [0.717, 1.165) is 32.5 Å². The van der Waals surface area contributed by atoms with Gasteiger partial charge in [0, 0.05) is 19.0 Å². The van der Waals surface area contributed by atoms with Crippen LogP contribution in [0.4, 0.5) is 0 Å². The van der Waals surface area contributed by atoms with Gasteiger partial charge in [-0.25, -0.2) is 0 Å². The summed E-state index contributed by atoms with van der Waals surface area (Å²) in [6, 6.07) is 0. The van der Waals surface area contributed by atoms with Crippen molar-refractivity contribution in [2.75, 3.05) is 19.6 Å². The molecule has 1 aliphatic heterocycles. The van der Waals surface area contributed by atoms with Crippen LogP contribution in [0.5, 0.6) is 0 Å². The summed E-state index contributed by atoms with van der Waals surface area (Å²) in [6.45, 7) is 5.29. The second-order valence-electron chi connectivity index (χ2n) is 5.79. The molecule has 0 aromatic carbocycles. The maximum absolute atomic E-state index is 11.9. The van der Waals surface area contributed by atoms with Gasteiger partial charge >= 0.3 is 0 Å². The fourth-order valence-corrected chi connectivity index (χ4v) is 2.90. The monoisotopic (exact) mass is 260 g/mol. The third-order valence-corrected chi connectivity index (χ3v) is 4.10. The van der Waals surface area contributed by atoms with E-state index in [0.29, 0.717) is 11.8 Å². The van der Waals surface area contributed by atoms with Gasteiger partial charge in [-0.15, -0.1) is 12.4 Å². The second-order valence-corrected chi connectivity index (χ2v) is 5.79. The number of hydrogen-bond acceptors (Lipinski definition) is 2. The molecule has 2 N–H and O–H groups in total. The van der Waals surface area contributed by atoms with Gasteiger partial charge in [-0.3, -0.25) is 4.79 Å². The fraction of sp³-hybridized carbons (Fsp3) is 0.923. The Morgan fingerprint density at radius 1 is 1.35 bits per heavy atom. The number of hydrogen-bond donors (Lipinski definition) is 2. The highest BCUT2D eigenvalue weighted by molar-refractivity contribution is 5.85. The van der Waals surface area contributed by atoms with E-state index in [1.165, 1.54) is 25.7 Å². The normalized spacial score (nSPS) is 29.7. The Bertz CT molecular complexity index is 246. The quantitative estimate of drug-likeness (QED) is 0.816. The molecule has 0 aromatic heterocycles. The minimum absolute atomic E-state index is 0. The standard InChI is InChI=1S/C13H24N2O.ClH/c1-13(7-4-8-14-9-13)10-15-12(16)11-5-2-3-6-11;/h11,14H,2-10H2,1H3,(H,15,16);1H. The van der Waals surface area contributed by atoms with Crippen molar-refractivity contribution in [2.45, 2.75) is 45.4 Å². The number of nitrogens with one attached hydrogen (secondary N) is 2. The third kappa shape index (κ3) is 4.14. The van der Waals surface area contributed by atoms with Gasteiger partial charge < -0.3 is 10.6 Å². The van der Waals surface area contributed by atoms with Crippen molar-refractivity contribution in [3.8, 4) is 0 Å². The summed E-state index contributed by atoms with van der Waals surface area (Å²) in [5, 5.41) is 6.57. The Hall–Kier alpha value is -0.280. The Kier molecular flexibility index (Phi) is 5.74. The van der Waals surface area contributed by atoms with Crippen molar-refractivity contribution >= 4 is 18.3 Å². The van der Waals surface area contributed by atoms with Crippen molar-refractivity contribution in [2.24, 2.45) is 11.3 Å². The topological polar surface area (TPSA) is 41.1 Å². The second kappa shape index (κ2) is 6.60. The molecule has 2 fully saturated rings. The van der Waals surface area contributed by atoms with Gasteiger partial charge in [-0.1, -0.05) is 19.8 Å². The van der Waals surface area contributed by atoms with E-state index >= 15 is 0 Å². The van der Waals surface area contributed by atoms with Crippen LogP contribution >= 0.6 is 12.4 Å². The van der Waals surface area contributed by atoms with Crippen LogP contribution in [-0.4, -0.2) is 25.5 Å². The molecule has 1 saturated heterocycles. The van der Waals surface area contributed by atoms with E-state index in [-0.39, 0.29) is 17.8 Å². The molecule has 1 unspecified atom stereocenters. The molecular formula is C13H25ClN2O. The van der Waals surface area contributed by atoms with Crippen LogP contribution in [0, 0.1) is 11.3 Å². The molecule has 1 atom stereocenters. The largest absolute Gasteiger partial charge is 0.355 e. The SMILES string of the molecule is CC1(CNC(=O)C2CCCC2)CCCNC1.Cl. The van der Waals surface area contributed by atoms with Crippen molar-refractivity contribution in [3.63, 3.8) is 0 Å². The first-order chi connectivity index (χ1) is 7.70. The molecule has 100 valence electrons. The van der Waals surface area contributed by atoms with Crippen LogP contribution < -0.4 is 10.6 Å². The van der Waals surface area contributed by atoms with E-state index in [1.807, 2.05) is 0 Å². The fourth-order valence-electron chi connectivity index (χ4n) is 2.90. The molecule has 1 amide bonds. The van der Waals surface area contributed by atoms with Crippen LogP contribution in [0.25, 0.3) is 0 Å². The number of carbonyl (C=O) groups excluding carboxylic acids is 1. The van der Waals surface area contributed by atoms with Gasteiger partial charge in [0.1, 0.15) is 0 Å². The van der Waals surface area contributed by atoms with Gasteiger partial charge in [-0.2, -0.15) is 0 Å². The maximum Gasteiger partial charge on any atom is 0.223 e. The minimum Gasteiger partial charge on any atom is -0.355 e. The van der Waals surface area contributed by atoms with Crippen LogP contribution in [0.3, 0.4) is 0 Å². The number of rotatable bonds is 3. The predicted molar refractivity (Wildman–Crippen MR) is 72.4 cm³/mol. The summed E-state index contributed by atoms with van der Waals surface area (Å²) in [7, 11) is 0. The average Bonchev–Trinajstić information content (AvgIpc) is 2.80. The lowest BCUT2D eigenvalue weighted by Crippen LogP contribution is -2.46. The number of carbonyl (C=O) groups is 1. The van der Waals surface area contributed by atoms with Gasteiger partial charge in [0.05, 0.1) is 0 Å². The lowest BCUT2D eigenvalue weighted by molar-refractivity contribution is -0.125. The first kappa shape index (κ1) is 14.8. The van der Waals surface area contributed by atoms with Crippen molar-refractivity contribution < 1.29 is 4.79 Å². The molecule has 3 nitrogen and oxygen atoms in total. The van der Waals surface area contributed by atoms with Crippen molar-refractivity contribution in [1.82, 2.24) is 10.6 Å². The summed E-state index contributed by atoms with van der Waals surface area (Å²) in [5.74, 6) is 0.601. The third-order valence-electron chi connectivity index (χ3n) is 4.10. The van der Waals surface area contributed by atoms with Crippen LogP contribution in [-0.2, 0) is 4.79 Å². The molecule has 0 bridgehead atoms.